The molecule has 0 radical (unpaired) electrons. The summed E-state index contributed by atoms with van der Waals surface area (Å²) >= 11 is 0. The summed E-state index contributed by atoms with van der Waals surface area (Å²) in [6, 6.07) is 28.3. The van der Waals surface area contributed by atoms with Crippen molar-refractivity contribution in [3.05, 3.63) is 109 Å². The van der Waals surface area contributed by atoms with E-state index in [1.165, 1.54) is 50.7 Å². The normalized spacial score (nSPS) is 20.6. The predicted octanol–water partition coefficient (Wildman–Crippen LogP) is 7.77. The van der Waals surface area contributed by atoms with Crippen molar-refractivity contribution in [2.45, 2.75) is 99.0 Å². The van der Waals surface area contributed by atoms with Crippen molar-refractivity contribution < 1.29 is 72.6 Å². The number of imide groups is 1. The Labute approximate surface area is 446 Å². The molecule has 77 heavy (non-hydrogen) atoms. The number of hydrogen-bond acceptors (Lipinski definition) is 16. The van der Waals surface area contributed by atoms with Gasteiger partial charge in [0.25, 0.3) is 0 Å². The summed E-state index contributed by atoms with van der Waals surface area (Å²) in [6.07, 6.45) is -2.20. The molecule has 19 heteroatoms. The Bertz CT molecular complexity index is 2970. The van der Waals surface area contributed by atoms with Gasteiger partial charge < -0.3 is 39.0 Å². The summed E-state index contributed by atoms with van der Waals surface area (Å²) in [5, 5.41) is 41.1. The van der Waals surface area contributed by atoms with E-state index in [1.807, 2.05) is 0 Å². The molecule has 9 atom stereocenters. The Morgan fingerprint density at radius 3 is 1.82 bits per heavy atom. The van der Waals surface area contributed by atoms with Crippen LogP contribution in [0, 0.1) is 38.9 Å². The molecule has 9 unspecified atom stereocenters. The molecule has 0 bridgehead atoms. The molecule has 2 aliphatic heterocycles. The van der Waals surface area contributed by atoms with Crippen molar-refractivity contribution >= 4 is 58.4 Å². The summed E-state index contributed by atoms with van der Waals surface area (Å²) in [5.74, 6) is -9.04. The Hall–Kier alpha value is -7.51. The Kier molecular flexibility index (Phi) is 17.1. The molecule has 2 amide bonds. The van der Waals surface area contributed by atoms with Crippen molar-refractivity contribution in [1.82, 2.24) is 15.0 Å². The molecule has 2 fully saturated rings. The Morgan fingerprint density at radius 1 is 0.714 bits per heavy atom. The number of amides is 2. The lowest BCUT2D eigenvalue weighted by Gasteiger charge is -2.44. The van der Waals surface area contributed by atoms with E-state index >= 15 is 4.79 Å². The first-order chi connectivity index (χ1) is 36.4. The number of aliphatic hydroxyl groups excluding tert-OH is 1. The van der Waals surface area contributed by atoms with Gasteiger partial charge in [-0.3, -0.25) is 38.5 Å². The van der Waals surface area contributed by atoms with Crippen LogP contribution in [0.15, 0.2) is 103 Å². The molecule has 7 rings (SSSR count). The molecule has 2 saturated heterocycles. The number of phenols is 1. The number of hydrogen-bond donors (Lipinski definition) is 3. The van der Waals surface area contributed by atoms with Gasteiger partial charge in [0.15, 0.2) is 0 Å². The first kappa shape index (κ1) is 57.2. The van der Waals surface area contributed by atoms with E-state index < -0.39 is 119 Å². The molecular weight excluding hydrogens is 993 g/mol. The number of carboxylic acid groups (broad SMARTS) is 1. The summed E-state index contributed by atoms with van der Waals surface area (Å²) in [5.41, 5.74) is -6.94. The lowest BCUT2D eigenvalue weighted by atomic mass is 9.58. The zero-order valence-electron chi connectivity index (χ0n) is 44.7. The highest BCUT2D eigenvalue weighted by molar-refractivity contribution is 6.22. The number of aromatic hydroxyl groups is 1. The number of carbonyl (C=O) groups excluding carboxylic acids is 6. The number of rotatable bonds is 25. The third kappa shape index (κ3) is 12.4. The monoisotopic (exact) mass is 1060 g/mol. The van der Waals surface area contributed by atoms with Crippen LogP contribution in [0.25, 0.3) is 16.7 Å². The summed E-state index contributed by atoms with van der Waals surface area (Å²) in [6.45, 7) is 10.2. The molecule has 410 valence electrons. The lowest BCUT2D eigenvalue weighted by molar-refractivity contribution is -0.171. The molecule has 3 heterocycles. The van der Waals surface area contributed by atoms with Crippen LogP contribution < -0.4 is 9.64 Å². The predicted molar refractivity (Wildman–Crippen MR) is 279 cm³/mol. The van der Waals surface area contributed by atoms with Gasteiger partial charge in [0.05, 0.1) is 59.0 Å². The minimum Gasteiger partial charge on any atom is -0.506 e. The minimum absolute atomic E-state index is 0.0150. The minimum atomic E-state index is -2.04. The average Bonchev–Trinajstić information content (AvgIpc) is 4.11. The fourth-order valence-electron chi connectivity index (χ4n) is 11.5. The highest BCUT2D eigenvalue weighted by atomic mass is 16.6. The number of para-hydroxylation sites is 1. The maximum Gasteiger partial charge on any atom is 0.317 e. The Balaban J connectivity index is 1.33. The molecule has 3 N–H and O–H groups in total. The number of carbonyl (C=O) groups is 7. The number of carboxylic acids is 1. The van der Waals surface area contributed by atoms with Crippen LogP contribution in [0.2, 0.25) is 0 Å². The van der Waals surface area contributed by atoms with Crippen LogP contribution in [0.1, 0.15) is 98.5 Å². The fourth-order valence-corrected chi connectivity index (χ4v) is 11.5. The largest absolute Gasteiger partial charge is 0.506 e. The van der Waals surface area contributed by atoms with Crippen LogP contribution in [-0.4, -0.2) is 112 Å². The van der Waals surface area contributed by atoms with E-state index in [-0.39, 0.29) is 49.2 Å². The number of fused-ring (bicyclic) bond motifs is 1. The van der Waals surface area contributed by atoms with E-state index in [0.717, 1.165) is 12.0 Å². The number of aromatic nitrogens is 3. The highest BCUT2D eigenvalue weighted by Gasteiger charge is 2.58. The average molecular weight is 1060 g/mol. The van der Waals surface area contributed by atoms with Crippen LogP contribution >= 0.6 is 0 Å². The molecular formula is C58H68N4O15. The van der Waals surface area contributed by atoms with Gasteiger partial charge in [-0.25, -0.2) is 0 Å². The smallest absolute Gasteiger partial charge is 0.317 e. The number of phenolic OH excluding ortho intramolecular Hbond substituents is 1. The van der Waals surface area contributed by atoms with E-state index in [0.29, 0.717) is 28.9 Å². The quantitative estimate of drug-likeness (QED) is 0.0166. The van der Waals surface area contributed by atoms with Gasteiger partial charge in [-0.15, -0.1) is 15.0 Å². The first-order valence-electron chi connectivity index (χ1n) is 25.7. The molecule has 0 saturated carbocycles. The number of epoxide rings is 1. The number of anilines is 1. The van der Waals surface area contributed by atoms with Crippen LogP contribution in [0.3, 0.4) is 0 Å². The zero-order valence-corrected chi connectivity index (χ0v) is 44.7. The second kappa shape index (κ2) is 23.0. The molecule has 5 aromatic rings. The second-order valence-electron chi connectivity index (χ2n) is 22.0. The number of nitrogens with zero attached hydrogens (tertiary/aromatic N) is 4. The molecule has 1 aromatic heterocycles. The van der Waals surface area contributed by atoms with Gasteiger partial charge >= 0.3 is 29.8 Å². The fraction of sp³-hybridized carbons (Fsp3) is 0.466. The van der Waals surface area contributed by atoms with Gasteiger partial charge in [0, 0.05) is 12.0 Å². The van der Waals surface area contributed by atoms with Gasteiger partial charge in [0.1, 0.15) is 47.5 Å². The maximum atomic E-state index is 15.6. The second-order valence-corrected chi connectivity index (χ2v) is 22.0. The standard InChI is InChI=1S/C58H68N4O15/c1-9-54(3,51(70)76-31-40-30-75-40)32-58(7,52(71)74-27-26-63)35-56(5,49(67)68)34-57(6,50(69)73-8)33-55(4,53(72)77-39-24-25-45(64)44(28-39)62-59-42-22-16-17-23-43(42)60-62)29-41(37-18-12-10-13-19-37)46-36(2)47(65)61(48(46)66)38-20-14-11-15-21-38/h10-25,28,36,40-41,46,63-64H,9,26-27,29-35H2,1-8H3,(H,67,68). The summed E-state index contributed by atoms with van der Waals surface area (Å²) < 4.78 is 28.1. The number of aliphatic hydroxyl groups is 1. The SMILES string of the molecule is CCC(C)(CC(C)(CC(C)(CC(C)(CC(C)(CC(c1ccccc1)C1C(=O)N(c2ccccc2)C(=O)C1C)C(=O)Oc1ccc(O)c(-n2nc3ccccc3n2)c1)C(=O)OC)C(=O)O)C(=O)OCCO)C(=O)OCC1CO1. The highest BCUT2D eigenvalue weighted by Crippen LogP contribution is 2.54. The lowest BCUT2D eigenvalue weighted by Crippen LogP contribution is -2.49. The van der Waals surface area contributed by atoms with Crippen LogP contribution in [0.4, 0.5) is 5.69 Å². The van der Waals surface area contributed by atoms with Crippen LogP contribution in [0.5, 0.6) is 11.5 Å². The molecule has 4 aromatic carbocycles. The Morgan fingerprint density at radius 2 is 1.26 bits per heavy atom. The third-order valence-corrected chi connectivity index (χ3v) is 15.4. The summed E-state index contributed by atoms with van der Waals surface area (Å²) in [7, 11) is 1.12. The number of methoxy groups -OCH3 is 1. The van der Waals surface area contributed by atoms with Crippen molar-refractivity contribution in [2.75, 3.05) is 38.4 Å². The molecule has 2 aliphatic rings. The van der Waals surface area contributed by atoms with Gasteiger partial charge in [-0.1, -0.05) is 74.5 Å². The van der Waals surface area contributed by atoms with E-state index in [4.69, 9.17) is 23.7 Å². The van der Waals surface area contributed by atoms with Gasteiger partial charge in [-0.05, 0) is 121 Å². The van der Waals surface area contributed by atoms with Crippen molar-refractivity contribution in [1.29, 1.82) is 0 Å². The van der Waals surface area contributed by atoms with Crippen molar-refractivity contribution in [2.24, 2.45) is 38.9 Å². The first-order valence-corrected chi connectivity index (χ1v) is 25.7. The van der Waals surface area contributed by atoms with Gasteiger partial charge in [-0.2, -0.15) is 0 Å². The number of aliphatic carboxylic acids is 1. The number of esters is 4. The van der Waals surface area contributed by atoms with Crippen molar-refractivity contribution in [3.63, 3.8) is 0 Å². The molecule has 19 nitrogen and oxygen atoms in total. The van der Waals surface area contributed by atoms with Crippen molar-refractivity contribution in [3.8, 4) is 17.2 Å². The van der Waals surface area contributed by atoms with E-state index in [9.17, 15) is 44.1 Å². The summed E-state index contributed by atoms with van der Waals surface area (Å²) in [4.78, 5) is 104. The molecule has 0 aliphatic carbocycles. The number of benzene rings is 4. The zero-order chi connectivity index (χ0) is 56.1. The van der Waals surface area contributed by atoms with E-state index in [2.05, 4.69) is 10.2 Å². The topological polar surface area (TPSA) is 264 Å². The van der Waals surface area contributed by atoms with E-state index in [1.54, 1.807) is 106 Å². The number of ether oxygens (including phenoxy) is 5. The third-order valence-electron chi connectivity index (χ3n) is 15.4. The molecule has 0 spiro atoms. The van der Waals surface area contributed by atoms with Crippen LogP contribution in [-0.2, 0) is 52.5 Å². The van der Waals surface area contributed by atoms with Gasteiger partial charge in [0.2, 0.25) is 11.8 Å². The maximum absolute atomic E-state index is 15.6.